The second-order valence-electron chi connectivity index (χ2n) is 8.57. The highest BCUT2D eigenvalue weighted by molar-refractivity contribution is 7.47. The van der Waals surface area contributed by atoms with E-state index in [4.69, 9.17) is 25.3 Å². The van der Waals surface area contributed by atoms with Crippen molar-refractivity contribution in [1.29, 1.82) is 0 Å². The molecule has 0 radical (unpaired) electrons. The number of aromatic nitrogens is 4. The van der Waals surface area contributed by atoms with Gasteiger partial charge >= 0.3 is 14.0 Å². The Morgan fingerprint density at radius 1 is 1.20 bits per heavy atom. The Labute approximate surface area is 225 Å². The summed E-state index contributed by atoms with van der Waals surface area (Å²) in [5.74, 6) is -1.17. The van der Waals surface area contributed by atoms with Crippen LogP contribution >= 0.6 is 7.82 Å². The third-order valence-corrected chi connectivity index (χ3v) is 6.19. The van der Waals surface area contributed by atoms with Gasteiger partial charge in [-0.2, -0.15) is 5.10 Å². The third kappa shape index (κ3) is 6.26. The van der Waals surface area contributed by atoms with Crippen LogP contribution in [0.5, 0.6) is 0 Å². The normalized spacial score (nSPS) is 12.9. The monoisotopic (exact) mass is 578 g/mol. The number of ether oxygens (including phenoxy) is 2. The summed E-state index contributed by atoms with van der Waals surface area (Å²) >= 11 is 0. The van der Waals surface area contributed by atoms with Crippen LogP contribution < -0.4 is 11.5 Å². The molecule has 0 bridgehead atoms. The summed E-state index contributed by atoms with van der Waals surface area (Å²) in [6.45, 7) is 3.08. The minimum absolute atomic E-state index is 0.0199. The number of hydrogen-bond acceptors (Lipinski definition) is 13. The summed E-state index contributed by atoms with van der Waals surface area (Å²) in [7, 11) is -4.63. The molecule has 1 aromatic carbocycles. The number of halogens is 1. The number of carbonyl (C=O) groups is 2. The van der Waals surface area contributed by atoms with E-state index in [1.807, 2.05) is 0 Å². The molecule has 3 heterocycles. The zero-order valence-electron chi connectivity index (χ0n) is 21.4. The van der Waals surface area contributed by atoms with Crippen molar-refractivity contribution in [3.8, 4) is 22.4 Å². The van der Waals surface area contributed by atoms with Gasteiger partial charge in [-0.15, -0.1) is 0 Å². The topological polar surface area (TPSA) is 217 Å². The van der Waals surface area contributed by atoms with Crippen LogP contribution in [0, 0.1) is 5.82 Å². The summed E-state index contributed by atoms with van der Waals surface area (Å²) in [5, 5.41) is 8.01. The Hall–Kier alpha value is -4.37. The fourth-order valence-corrected chi connectivity index (χ4v) is 4.09. The van der Waals surface area contributed by atoms with Crippen molar-refractivity contribution < 1.29 is 46.5 Å². The molecule has 212 valence electrons. The summed E-state index contributed by atoms with van der Waals surface area (Å²) in [4.78, 5) is 37.4. The zero-order valence-corrected chi connectivity index (χ0v) is 22.3. The Balaban J connectivity index is 1.54. The maximum Gasteiger partial charge on any atom is 0.510 e. The number of rotatable bonds is 10. The van der Waals surface area contributed by atoms with Crippen LogP contribution in [0.4, 0.5) is 20.7 Å². The van der Waals surface area contributed by atoms with Gasteiger partial charge in [0.15, 0.2) is 23.9 Å². The van der Waals surface area contributed by atoms with E-state index < -0.39 is 39.4 Å². The Kier molecular flexibility index (Phi) is 8.16. The first-order valence-electron chi connectivity index (χ1n) is 11.5. The molecule has 0 saturated carbocycles. The molecular formula is C23H24FN6O9P. The largest absolute Gasteiger partial charge is 0.510 e. The average Bonchev–Trinajstić information content (AvgIpc) is 3.49. The van der Waals surface area contributed by atoms with Gasteiger partial charge in [0.25, 0.3) is 0 Å². The van der Waals surface area contributed by atoms with E-state index in [-0.39, 0.29) is 45.1 Å². The summed E-state index contributed by atoms with van der Waals surface area (Å²) in [6, 6.07) is 2.30. The van der Waals surface area contributed by atoms with E-state index in [0.29, 0.717) is 11.1 Å². The predicted molar refractivity (Wildman–Crippen MR) is 137 cm³/mol. The molecule has 3 aromatic heterocycles. The number of carbonyl (C=O) groups excluding carboxylic acids is 2. The molecule has 0 aliphatic heterocycles. The Bertz CT molecular complexity index is 1640. The zero-order chi connectivity index (χ0) is 29.2. The number of ketones is 1. The Morgan fingerprint density at radius 2 is 1.95 bits per heavy atom. The second kappa shape index (κ2) is 11.4. The van der Waals surface area contributed by atoms with E-state index >= 15 is 0 Å². The van der Waals surface area contributed by atoms with E-state index in [1.54, 1.807) is 13.8 Å². The fraction of sp³-hybridized carbons (Fsp3) is 0.261. The van der Waals surface area contributed by atoms with Gasteiger partial charge in [0, 0.05) is 40.3 Å². The summed E-state index contributed by atoms with van der Waals surface area (Å²) in [6.07, 6.45) is 2.65. The molecule has 1 atom stereocenters. The number of nitrogens with two attached hydrogens (primary N) is 2. The van der Waals surface area contributed by atoms with Crippen LogP contribution in [0.15, 0.2) is 35.2 Å². The quantitative estimate of drug-likeness (QED) is 0.0800. The van der Waals surface area contributed by atoms with E-state index in [1.165, 1.54) is 31.6 Å². The van der Waals surface area contributed by atoms with Crippen LogP contribution in [-0.2, 0) is 29.8 Å². The molecule has 15 nitrogen and oxygen atoms in total. The molecule has 40 heavy (non-hydrogen) atoms. The van der Waals surface area contributed by atoms with Gasteiger partial charge in [0.2, 0.25) is 6.79 Å². The van der Waals surface area contributed by atoms with Gasteiger partial charge in [-0.3, -0.25) is 14.3 Å². The maximum atomic E-state index is 14.9. The van der Waals surface area contributed by atoms with Crippen molar-refractivity contribution in [2.75, 3.05) is 18.3 Å². The van der Waals surface area contributed by atoms with Crippen molar-refractivity contribution >= 4 is 42.2 Å². The maximum absolute atomic E-state index is 14.9. The lowest BCUT2D eigenvalue weighted by atomic mass is 9.99. The minimum Gasteiger partial charge on any atom is -0.432 e. The lowest BCUT2D eigenvalue weighted by Crippen LogP contribution is -2.14. The molecule has 0 aliphatic carbocycles. The van der Waals surface area contributed by atoms with E-state index in [9.17, 15) is 23.4 Å². The third-order valence-electron chi connectivity index (χ3n) is 5.32. The molecule has 0 amide bonds. The standard InChI is InChI=1S/C23H24FN6O9P/c1-11(2)38-23(32)35-10-37-40(33,34)36-9-30-8-13(6-28-30)16-7-27-20(19-21(16)39-29-22(19)26)15-4-14(12(3)31)18(25)5-17(15)24/h4-8,11H,9-10,25H2,1-3H3,(H2,26,29)(H,33,34). The lowest BCUT2D eigenvalue weighted by Gasteiger charge is -2.13. The van der Waals surface area contributed by atoms with Crippen LogP contribution in [-0.4, -0.2) is 49.7 Å². The van der Waals surface area contributed by atoms with Gasteiger partial charge in [0.05, 0.1) is 23.4 Å². The molecular weight excluding hydrogens is 554 g/mol. The number of nitrogens with zero attached hydrogens (tertiary/aromatic N) is 4. The Morgan fingerprint density at radius 3 is 2.65 bits per heavy atom. The first kappa shape index (κ1) is 28.6. The smallest absolute Gasteiger partial charge is 0.432 e. The van der Waals surface area contributed by atoms with Crippen LogP contribution in [0.1, 0.15) is 31.1 Å². The van der Waals surface area contributed by atoms with Crippen molar-refractivity contribution in [1.82, 2.24) is 19.9 Å². The first-order valence-corrected chi connectivity index (χ1v) is 13.0. The first-order chi connectivity index (χ1) is 18.9. The molecule has 4 rings (SSSR count). The van der Waals surface area contributed by atoms with Gasteiger partial charge in [-0.05, 0) is 32.9 Å². The highest BCUT2D eigenvalue weighted by Gasteiger charge is 2.25. The number of fused-ring (bicyclic) bond motifs is 1. The summed E-state index contributed by atoms with van der Waals surface area (Å²) < 4.78 is 52.1. The van der Waals surface area contributed by atoms with Crippen molar-refractivity contribution in [3.05, 3.63) is 42.1 Å². The lowest BCUT2D eigenvalue weighted by molar-refractivity contribution is -0.0223. The summed E-state index contributed by atoms with van der Waals surface area (Å²) in [5.41, 5.74) is 12.8. The highest BCUT2D eigenvalue weighted by Crippen LogP contribution is 2.43. The SMILES string of the molecule is CC(=O)c1cc(-c2ncc(-c3cnn(COP(=O)(O)OCOC(=O)OC(C)C)c3)c3onc(N)c23)c(F)cc1N. The van der Waals surface area contributed by atoms with Gasteiger partial charge in [0.1, 0.15) is 5.82 Å². The number of nitrogen functional groups attached to an aromatic ring is 2. The number of Topliss-reactive ketones (excluding diaryl/α,β-unsaturated/α-hetero) is 1. The van der Waals surface area contributed by atoms with Crippen molar-refractivity contribution in [2.24, 2.45) is 0 Å². The second-order valence-corrected chi connectivity index (χ2v) is 10.0. The van der Waals surface area contributed by atoms with Gasteiger partial charge < -0.3 is 30.4 Å². The minimum atomic E-state index is -4.63. The van der Waals surface area contributed by atoms with Gasteiger partial charge in [-0.25, -0.2) is 23.0 Å². The molecule has 0 aliphatic rings. The molecule has 4 aromatic rings. The van der Waals surface area contributed by atoms with Crippen LogP contribution in [0.3, 0.4) is 0 Å². The van der Waals surface area contributed by atoms with Crippen LogP contribution in [0.2, 0.25) is 0 Å². The predicted octanol–water partition coefficient (Wildman–Crippen LogP) is 3.87. The van der Waals surface area contributed by atoms with E-state index in [0.717, 1.165) is 10.7 Å². The number of phosphoric acid groups is 1. The molecule has 0 spiro atoms. The average molecular weight is 578 g/mol. The fourth-order valence-electron chi connectivity index (χ4n) is 3.56. The number of phosphoric ester groups is 1. The number of pyridine rings is 1. The number of benzene rings is 1. The van der Waals surface area contributed by atoms with Crippen LogP contribution in [0.25, 0.3) is 33.4 Å². The number of anilines is 2. The van der Waals surface area contributed by atoms with Crippen molar-refractivity contribution in [2.45, 2.75) is 33.6 Å². The molecule has 0 saturated heterocycles. The molecule has 5 N–H and O–H groups in total. The molecule has 17 heteroatoms. The van der Waals surface area contributed by atoms with Gasteiger partial charge in [-0.1, -0.05) is 5.16 Å². The highest BCUT2D eigenvalue weighted by atomic mass is 31.2. The van der Waals surface area contributed by atoms with Crippen molar-refractivity contribution in [3.63, 3.8) is 0 Å². The molecule has 1 unspecified atom stereocenters. The molecule has 0 fully saturated rings. The van der Waals surface area contributed by atoms with E-state index in [2.05, 4.69) is 24.5 Å². The number of hydrogen-bond donors (Lipinski definition) is 3.